The van der Waals surface area contributed by atoms with Gasteiger partial charge in [-0.25, -0.2) is 4.79 Å². The zero-order valence-corrected chi connectivity index (χ0v) is 12.6. The third kappa shape index (κ3) is 2.94. The van der Waals surface area contributed by atoms with E-state index in [2.05, 4.69) is 10.1 Å². The van der Waals surface area contributed by atoms with E-state index in [1.165, 1.54) is 36.3 Å². The van der Waals surface area contributed by atoms with Crippen LogP contribution in [0.2, 0.25) is 0 Å². The molecular weight excluding hydrogens is 300 g/mol. The van der Waals surface area contributed by atoms with E-state index in [0.29, 0.717) is 11.1 Å². The molecule has 1 aromatic rings. The van der Waals surface area contributed by atoms with Gasteiger partial charge in [-0.3, -0.25) is 19.7 Å². The fraction of sp³-hybridized carbons (Fsp3) is 0.375. The predicted molar refractivity (Wildman–Crippen MR) is 78.5 cm³/mol. The van der Waals surface area contributed by atoms with Gasteiger partial charge in [-0.2, -0.15) is 0 Å². The first-order valence-corrected chi connectivity index (χ1v) is 7.36. The minimum Gasteiger partial charge on any atom is -0.465 e. The lowest BCUT2D eigenvalue weighted by molar-refractivity contribution is -0.126. The Morgan fingerprint density at radius 3 is 2.22 bits per heavy atom. The molecule has 1 aliphatic carbocycles. The molecule has 1 saturated heterocycles. The number of nitrogens with zero attached hydrogens (tertiary/aromatic N) is 1. The lowest BCUT2D eigenvalue weighted by Crippen LogP contribution is -2.45. The summed E-state index contributed by atoms with van der Waals surface area (Å²) >= 11 is 0. The van der Waals surface area contributed by atoms with Gasteiger partial charge < -0.3 is 9.64 Å². The van der Waals surface area contributed by atoms with Crippen molar-refractivity contribution < 1.29 is 23.9 Å². The minimum absolute atomic E-state index is 0.00131. The molecule has 2 aliphatic rings. The molecule has 7 nitrogen and oxygen atoms in total. The molecule has 1 aromatic carbocycles. The average molecular weight is 316 g/mol. The Morgan fingerprint density at radius 1 is 1.13 bits per heavy atom. The number of carbonyl (C=O) groups excluding carboxylic acids is 4. The van der Waals surface area contributed by atoms with E-state index in [1.54, 1.807) is 0 Å². The van der Waals surface area contributed by atoms with Crippen molar-refractivity contribution in [2.45, 2.75) is 31.3 Å². The zero-order chi connectivity index (χ0) is 16.6. The fourth-order valence-corrected chi connectivity index (χ4v) is 2.70. The molecular formula is C16H16N2O5. The first-order chi connectivity index (χ1) is 11.0. The van der Waals surface area contributed by atoms with Crippen molar-refractivity contribution in [3.8, 4) is 0 Å². The van der Waals surface area contributed by atoms with Crippen LogP contribution in [0.5, 0.6) is 0 Å². The van der Waals surface area contributed by atoms with Crippen LogP contribution in [0.25, 0.3) is 0 Å². The summed E-state index contributed by atoms with van der Waals surface area (Å²) in [7, 11) is 1.28. The van der Waals surface area contributed by atoms with E-state index >= 15 is 0 Å². The molecule has 0 aromatic heterocycles. The number of hydrogen-bond acceptors (Lipinski definition) is 5. The normalized spacial score (nSPS) is 20.1. The number of benzene rings is 1. The summed E-state index contributed by atoms with van der Waals surface area (Å²) < 4.78 is 4.61. The van der Waals surface area contributed by atoms with Gasteiger partial charge in [-0.05, 0) is 37.1 Å². The monoisotopic (exact) mass is 316 g/mol. The van der Waals surface area contributed by atoms with Crippen molar-refractivity contribution >= 4 is 23.7 Å². The number of amides is 3. The molecule has 1 aliphatic heterocycles. The lowest BCUT2D eigenvalue weighted by Gasteiger charge is -2.26. The standard InChI is InChI=1S/C16H16N2O5/c1-23-16(22)10-4-2-9(3-5-10)15(21)18(11-6-7-11)12-8-13(19)17-14(12)20/h2-5,11-12H,6-8H2,1H3,(H,17,19,20)/t12-/m1/s1. The highest BCUT2D eigenvalue weighted by Crippen LogP contribution is 2.32. The molecule has 2 fully saturated rings. The fourth-order valence-electron chi connectivity index (χ4n) is 2.70. The molecule has 1 N–H and O–H groups in total. The largest absolute Gasteiger partial charge is 0.465 e. The number of nitrogens with one attached hydrogen (secondary N) is 1. The van der Waals surface area contributed by atoms with Gasteiger partial charge >= 0.3 is 5.97 Å². The number of imide groups is 1. The van der Waals surface area contributed by atoms with Crippen LogP contribution in [0.15, 0.2) is 24.3 Å². The van der Waals surface area contributed by atoms with Crippen molar-refractivity contribution in [3.63, 3.8) is 0 Å². The number of ether oxygens (including phenoxy) is 1. The maximum absolute atomic E-state index is 12.7. The molecule has 0 bridgehead atoms. The highest BCUT2D eigenvalue weighted by atomic mass is 16.5. The molecule has 120 valence electrons. The highest BCUT2D eigenvalue weighted by Gasteiger charge is 2.44. The van der Waals surface area contributed by atoms with E-state index in [9.17, 15) is 19.2 Å². The number of methoxy groups -OCH3 is 1. The van der Waals surface area contributed by atoms with Crippen LogP contribution in [-0.4, -0.2) is 47.8 Å². The van der Waals surface area contributed by atoms with E-state index in [0.717, 1.165) is 12.8 Å². The van der Waals surface area contributed by atoms with Gasteiger partial charge in [0.2, 0.25) is 11.8 Å². The molecule has 7 heteroatoms. The molecule has 0 radical (unpaired) electrons. The zero-order valence-electron chi connectivity index (χ0n) is 12.6. The van der Waals surface area contributed by atoms with Crippen molar-refractivity contribution in [2.75, 3.05) is 7.11 Å². The van der Waals surface area contributed by atoms with Gasteiger partial charge in [0, 0.05) is 11.6 Å². The summed E-state index contributed by atoms with van der Waals surface area (Å²) in [5.41, 5.74) is 0.715. The van der Waals surface area contributed by atoms with Gasteiger partial charge in [-0.1, -0.05) is 0 Å². The summed E-state index contributed by atoms with van der Waals surface area (Å²) in [6, 6.07) is 5.30. The van der Waals surface area contributed by atoms with Crippen molar-refractivity contribution in [1.29, 1.82) is 0 Å². The van der Waals surface area contributed by atoms with Crippen LogP contribution in [0.4, 0.5) is 0 Å². The van der Waals surface area contributed by atoms with E-state index < -0.39 is 17.9 Å². The molecule has 3 amide bonds. The van der Waals surface area contributed by atoms with Gasteiger partial charge in [0.05, 0.1) is 19.1 Å². The summed E-state index contributed by atoms with van der Waals surface area (Å²) in [4.78, 5) is 48.9. The number of hydrogen-bond donors (Lipinski definition) is 1. The van der Waals surface area contributed by atoms with Crippen molar-refractivity contribution in [3.05, 3.63) is 35.4 Å². The molecule has 1 heterocycles. The Bertz CT molecular complexity index is 678. The van der Waals surface area contributed by atoms with Crippen LogP contribution < -0.4 is 5.32 Å². The van der Waals surface area contributed by atoms with Crippen LogP contribution >= 0.6 is 0 Å². The second-order valence-corrected chi connectivity index (χ2v) is 5.64. The number of rotatable bonds is 4. The van der Waals surface area contributed by atoms with Gasteiger partial charge in [0.1, 0.15) is 6.04 Å². The SMILES string of the molecule is COC(=O)c1ccc(C(=O)N(C2CC2)[C@@H]2CC(=O)NC2=O)cc1. The molecule has 1 saturated carbocycles. The Morgan fingerprint density at radius 2 is 1.74 bits per heavy atom. The predicted octanol–water partition coefficient (Wildman–Crippen LogP) is 0.493. The summed E-state index contributed by atoms with van der Waals surface area (Å²) in [6.07, 6.45) is 1.65. The third-order valence-corrected chi connectivity index (χ3v) is 4.01. The summed E-state index contributed by atoms with van der Waals surface area (Å²) in [5, 5.41) is 2.24. The second kappa shape index (κ2) is 5.83. The Labute approximate surface area is 132 Å². The Kier molecular flexibility index (Phi) is 3.85. The van der Waals surface area contributed by atoms with E-state index in [-0.39, 0.29) is 24.3 Å². The quantitative estimate of drug-likeness (QED) is 0.645. The summed E-state index contributed by atoms with van der Waals surface area (Å²) in [5.74, 6) is -1.58. The smallest absolute Gasteiger partial charge is 0.337 e. The maximum Gasteiger partial charge on any atom is 0.337 e. The van der Waals surface area contributed by atoms with Crippen LogP contribution in [0.1, 0.15) is 40.0 Å². The molecule has 3 rings (SSSR count). The van der Waals surface area contributed by atoms with Crippen molar-refractivity contribution in [1.82, 2.24) is 10.2 Å². The van der Waals surface area contributed by atoms with E-state index in [1.807, 2.05) is 0 Å². The Hall–Kier alpha value is -2.70. The van der Waals surface area contributed by atoms with Gasteiger partial charge in [0.25, 0.3) is 5.91 Å². The first-order valence-electron chi connectivity index (χ1n) is 7.36. The molecule has 0 spiro atoms. The average Bonchev–Trinajstić information content (AvgIpc) is 3.32. The van der Waals surface area contributed by atoms with Crippen LogP contribution in [0.3, 0.4) is 0 Å². The lowest BCUT2D eigenvalue weighted by atomic mass is 10.1. The topological polar surface area (TPSA) is 92.8 Å². The van der Waals surface area contributed by atoms with Crippen LogP contribution in [-0.2, 0) is 14.3 Å². The number of esters is 1. The highest BCUT2D eigenvalue weighted by molar-refractivity contribution is 6.08. The maximum atomic E-state index is 12.7. The van der Waals surface area contributed by atoms with Crippen LogP contribution in [0, 0.1) is 0 Å². The summed E-state index contributed by atoms with van der Waals surface area (Å²) in [6.45, 7) is 0. The van der Waals surface area contributed by atoms with Crippen molar-refractivity contribution in [2.24, 2.45) is 0 Å². The molecule has 1 atom stereocenters. The number of carbonyl (C=O) groups is 4. The molecule has 23 heavy (non-hydrogen) atoms. The minimum atomic E-state index is -0.747. The van der Waals surface area contributed by atoms with E-state index in [4.69, 9.17) is 0 Å². The third-order valence-electron chi connectivity index (χ3n) is 4.01. The first kappa shape index (κ1) is 15.2. The van der Waals surface area contributed by atoms with Gasteiger partial charge in [0.15, 0.2) is 0 Å². The molecule has 0 unspecified atom stereocenters. The Balaban J connectivity index is 1.83. The van der Waals surface area contributed by atoms with Gasteiger partial charge in [-0.15, -0.1) is 0 Å². The second-order valence-electron chi connectivity index (χ2n) is 5.64.